The normalized spacial score (nSPS) is 15.0. The Morgan fingerprint density at radius 3 is 1.39 bits per heavy atom. The second-order valence-electron chi connectivity index (χ2n) is 35.1. The summed E-state index contributed by atoms with van der Waals surface area (Å²) in [4.78, 5) is 5.41. The van der Waals surface area contributed by atoms with E-state index in [1.54, 1.807) is 0 Å². The van der Waals surface area contributed by atoms with E-state index in [9.17, 15) is 0 Å². The molecule has 0 N–H and O–H groups in total. The van der Waals surface area contributed by atoms with Crippen molar-refractivity contribution in [2.24, 2.45) is 22.2 Å². The molecule has 2 unspecified atom stereocenters. The van der Waals surface area contributed by atoms with Crippen LogP contribution in [-0.2, 0) is 10.8 Å². The number of anilines is 4. The minimum atomic E-state index is -0.685. The number of aromatic nitrogens is 1. The highest BCUT2D eigenvalue weighted by Gasteiger charge is 2.50. The van der Waals surface area contributed by atoms with Crippen LogP contribution in [0.3, 0.4) is 0 Å². The monoisotopic (exact) mass is 1450 g/mol. The third-order valence-electron chi connectivity index (χ3n) is 24.0. The quantitative estimate of drug-likeness (QED) is 0.0549. The smallest absolute Gasteiger partial charge is 0.252 e. The van der Waals surface area contributed by atoms with Crippen LogP contribution in [0.2, 0.25) is 0 Å². The van der Waals surface area contributed by atoms with Crippen LogP contribution >= 0.6 is 0 Å². The molecule has 552 valence electrons. The average Bonchev–Trinajstić information content (AvgIpc) is 0.873. The van der Waals surface area contributed by atoms with Gasteiger partial charge in [0, 0.05) is 83.0 Å². The molecule has 2 aliphatic rings. The lowest BCUT2D eigenvalue weighted by molar-refractivity contribution is 0.211. The van der Waals surface area contributed by atoms with Crippen LogP contribution in [0.1, 0.15) is 139 Å². The molecule has 0 amide bonds. The molecule has 5 heterocycles. The first-order chi connectivity index (χ1) is 53.2. The molecule has 0 spiro atoms. The summed E-state index contributed by atoms with van der Waals surface area (Å²) in [5.74, 6) is 0.0681. The number of fused-ring (bicyclic) bond motifs is 13. The van der Waals surface area contributed by atoms with Gasteiger partial charge in [-0.1, -0.05) is 335 Å². The molecule has 16 rings (SSSR count). The molecule has 0 bridgehead atoms. The van der Waals surface area contributed by atoms with Crippen molar-refractivity contribution in [1.82, 2.24) is 4.57 Å². The zero-order valence-corrected chi connectivity index (χ0v) is 67.6. The molecule has 2 aliphatic heterocycles. The number of hydrogen-bond donors (Lipinski definition) is 0. The van der Waals surface area contributed by atoms with E-state index in [4.69, 9.17) is 8.83 Å². The second kappa shape index (κ2) is 28.1. The van der Waals surface area contributed by atoms with Gasteiger partial charge in [0.25, 0.3) is 6.71 Å². The molecule has 2 atom stereocenters. The molecule has 0 saturated heterocycles. The first-order valence-electron chi connectivity index (χ1n) is 39.7. The fourth-order valence-corrected chi connectivity index (χ4v) is 17.6. The van der Waals surface area contributed by atoms with Gasteiger partial charge in [-0.3, -0.25) is 0 Å². The number of rotatable bonds is 16. The number of benzene rings is 11. The number of furan rings is 2. The summed E-state index contributed by atoms with van der Waals surface area (Å²) in [7, 11) is 0. The van der Waals surface area contributed by atoms with Gasteiger partial charge in [-0.2, -0.15) is 0 Å². The number of allylic oxidation sites excluding steroid dienone is 13. The van der Waals surface area contributed by atoms with Crippen molar-refractivity contribution in [3.8, 4) is 27.9 Å². The summed E-state index contributed by atoms with van der Waals surface area (Å²) < 4.78 is 15.7. The average molecular weight is 1450 g/mol. The van der Waals surface area contributed by atoms with Crippen LogP contribution in [0.5, 0.6) is 0 Å². The number of hydrogen-bond acceptors (Lipinski definition) is 4. The maximum absolute atomic E-state index is 6.57. The highest BCUT2D eigenvalue weighted by Crippen LogP contribution is 2.56. The van der Waals surface area contributed by atoms with E-state index < -0.39 is 10.8 Å². The van der Waals surface area contributed by atoms with Gasteiger partial charge in [0.05, 0.1) is 16.7 Å². The molecule has 11 aromatic carbocycles. The van der Waals surface area contributed by atoms with E-state index in [1.165, 1.54) is 43.9 Å². The zero-order valence-electron chi connectivity index (χ0n) is 67.6. The minimum Gasteiger partial charge on any atom is -0.456 e. The predicted molar refractivity (Wildman–Crippen MR) is 480 cm³/mol. The third kappa shape index (κ3) is 12.9. The van der Waals surface area contributed by atoms with E-state index in [1.807, 2.05) is 12.2 Å². The van der Waals surface area contributed by atoms with Gasteiger partial charge in [0.1, 0.15) is 22.3 Å². The predicted octanol–water partition coefficient (Wildman–Crippen LogP) is 27.9. The fraction of sp³-hybridized carbons (Fsp3) is 0.219. The van der Waals surface area contributed by atoms with E-state index >= 15 is 0 Å². The van der Waals surface area contributed by atoms with E-state index in [0.29, 0.717) is 0 Å². The second-order valence-corrected chi connectivity index (χ2v) is 35.1. The van der Waals surface area contributed by atoms with E-state index in [2.05, 4.69) is 411 Å². The molecule has 0 aliphatic carbocycles. The summed E-state index contributed by atoms with van der Waals surface area (Å²) in [5.41, 5.74) is 28.4. The molecule has 0 radical (unpaired) electrons. The highest BCUT2D eigenvalue weighted by molar-refractivity contribution is 7.00. The van der Waals surface area contributed by atoms with Crippen molar-refractivity contribution in [3.05, 3.63) is 338 Å². The van der Waals surface area contributed by atoms with Crippen LogP contribution in [-0.4, -0.2) is 11.3 Å². The Balaban J connectivity index is 1.10. The summed E-state index contributed by atoms with van der Waals surface area (Å²) in [6.45, 7) is 45.9. The molecule has 3 aromatic heterocycles. The van der Waals surface area contributed by atoms with Crippen molar-refractivity contribution in [3.63, 3.8) is 0 Å². The van der Waals surface area contributed by atoms with Gasteiger partial charge in [-0.05, 0) is 175 Å². The van der Waals surface area contributed by atoms with Gasteiger partial charge in [0.2, 0.25) is 0 Å². The van der Waals surface area contributed by atoms with Crippen LogP contribution in [0.15, 0.2) is 324 Å². The zero-order chi connectivity index (χ0) is 77.8. The van der Waals surface area contributed by atoms with Gasteiger partial charge in [0.15, 0.2) is 0 Å². The van der Waals surface area contributed by atoms with Crippen LogP contribution in [0.4, 0.5) is 22.7 Å². The van der Waals surface area contributed by atoms with Gasteiger partial charge >= 0.3 is 0 Å². The summed E-state index contributed by atoms with van der Waals surface area (Å²) in [6, 6.07) is 87.0. The number of nitrogens with zero attached hydrogens (tertiary/aromatic N) is 3. The molecule has 6 heteroatoms. The Hall–Kier alpha value is -11.6. The van der Waals surface area contributed by atoms with E-state index in [0.717, 1.165) is 146 Å². The first kappa shape index (κ1) is 73.5. The van der Waals surface area contributed by atoms with Gasteiger partial charge < -0.3 is 23.2 Å². The molecular formula is C105H102BN3O2. The largest absolute Gasteiger partial charge is 0.456 e. The molecular weight excluding hydrogens is 1350 g/mol. The lowest BCUT2D eigenvalue weighted by Gasteiger charge is -2.51. The van der Waals surface area contributed by atoms with Crippen molar-refractivity contribution < 1.29 is 8.83 Å². The molecule has 111 heavy (non-hydrogen) atoms. The maximum atomic E-state index is 6.57. The summed E-state index contributed by atoms with van der Waals surface area (Å²) in [5, 5.41) is 6.75. The lowest BCUT2D eigenvalue weighted by Crippen LogP contribution is -2.62. The SMILES string of the molecule is C=C/C=C\C(=C(\N1c2cc(-c3ccc4oc5ccccc5c4c3)ccc2B2c3ccc(-c4ccc5oc6ccccc6c5c4)cc3N(/C(C)=C(/C=C\C(C)/C(=C\C=C)C(C)(C)C)c3ccc(C(C)(C)C)cc3)c3cc(-n4c5ccccc5c5ccccc54)cc1c32)C(C)(/C=C\CC)C(C)(C)C)c1ccc(C(C)(C)C)cc1. The Bertz CT molecular complexity index is 6200. The third-order valence-corrected chi connectivity index (χ3v) is 24.0. The van der Waals surface area contributed by atoms with E-state index in [-0.39, 0.29) is 28.9 Å². The van der Waals surface area contributed by atoms with Crippen LogP contribution in [0.25, 0.3) is 105 Å². The number of para-hydroxylation sites is 4. The highest BCUT2D eigenvalue weighted by atomic mass is 16.3. The Kier molecular flexibility index (Phi) is 18.6. The van der Waals surface area contributed by atoms with Crippen molar-refractivity contribution >= 4 is 123 Å². The minimum absolute atomic E-state index is 0.0681. The van der Waals surface area contributed by atoms with Gasteiger partial charge in [-0.25, -0.2) is 0 Å². The Labute approximate surface area is 657 Å². The topological polar surface area (TPSA) is 37.7 Å². The molecule has 5 nitrogen and oxygen atoms in total. The lowest BCUT2D eigenvalue weighted by atomic mass is 9.33. The van der Waals surface area contributed by atoms with Crippen LogP contribution < -0.4 is 26.2 Å². The Morgan fingerprint density at radius 2 is 0.910 bits per heavy atom. The van der Waals surface area contributed by atoms with Crippen molar-refractivity contribution in [1.29, 1.82) is 0 Å². The standard InChI is InChI=1S/C105H102BN3O2/c1-19-22-33-79(70-45-53-76(54-46-70)102(9,10)11)100(105(18,60-23-20-2)104(15,16)17)109-92-64-74(72-50-59-98-85(62-72)83-37-27-31-41-96(83)111-98)48-57-88(92)106-87-56-47-73(71-49-58-97-84(61-71)82-36-26-30-40-95(82)110-97)63-91(87)107(93-65-77(66-94(109)99(93)106)108-89-38-28-24-34-80(89)81-35-25-29-39-90(81)108)68(5)78(69-43-51-75(52-44-69)101(6,7)8)55-42-67(4)86(32-21-3)103(12,13)14/h19,21-67H,1,3,20H2,2,4-18H3/b33-22-,55-42-,60-23-,78-68-,86-32+,100-79-. The summed E-state index contributed by atoms with van der Waals surface area (Å²) >= 11 is 0. The first-order valence-corrected chi connectivity index (χ1v) is 39.7. The van der Waals surface area contributed by atoms with Crippen molar-refractivity contribution in [2.75, 3.05) is 9.80 Å². The maximum Gasteiger partial charge on any atom is 0.252 e. The molecule has 0 fully saturated rings. The Morgan fingerprint density at radius 1 is 0.459 bits per heavy atom. The molecule has 0 saturated carbocycles. The summed E-state index contributed by atoms with van der Waals surface area (Å²) in [6.07, 6.45) is 21.2. The van der Waals surface area contributed by atoms with Gasteiger partial charge in [-0.15, -0.1) is 0 Å². The van der Waals surface area contributed by atoms with Crippen molar-refractivity contribution in [2.45, 2.75) is 128 Å². The molecule has 14 aromatic rings. The fourth-order valence-electron chi connectivity index (χ4n) is 17.6. The van der Waals surface area contributed by atoms with Crippen LogP contribution in [0, 0.1) is 22.2 Å².